The van der Waals surface area contributed by atoms with E-state index in [1.807, 2.05) is 31.3 Å². The van der Waals surface area contributed by atoms with Gasteiger partial charge in [0.15, 0.2) is 11.5 Å². The number of carbonyl (C=O) groups excluding carboxylic acids is 3. The third kappa shape index (κ3) is 7.18. The van der Waals surface area contributed by atoms with E-state index in [1.54, 1.807) is 35.1 Å². The fourth-order valence-corrected chi connectivity index (χ4v) is 7.38. The maximum absolute atomic E-state index is 13.9. The lowest BCUT2D eigenvalue weighted by Gasteiger charge is -2.52. The van der Waals surface area contributed by atoms with E-state index >= 15 is 0 Å². The average Bonchev–Trinajstić information content (AvgIpc) is 3.97. The number of nitrogens with one attached hydrogen (secondary N) is 1. The second kappa shape index (κ2) is 14.8. The molecular formula is C37H50N4O7. The first-order valence-corrected chi connectivity index (χ1v) is 17.6. The van der Waals surface area contributed by atoms with Crippen LogP contribution in [0.4, 0.5) is 0 Å². The van der Waals surface area contributed by atoms with E-state index in [0.29, 0.717) is 93.9 Å². The van der Waals surface area contributed by atoms with Crippen LogP contribution in [0.15, 0.2) is 42.5 Å². The topological polar surface area (TPSA) is 121 Å². The number of piperazine rings is 1. The van der Waals surface area contributed by atoms with Gasteiger partial charge in [-0.3, -0.25) is 19.3 Å². The number of methoxy groups -OCH3 is 1. The summed E-state index contributed by atoms with van der Waals surface area (Å²) in [5, 5.41) is 14.1. The number of ether oxygens (including phenoxy) is 3. The molecule has 2 N–H and O–H groups in total. The van der Waals surface area contributed by atoms with Crippen molar-refractivity contribution in [3.63, 3.8) is 0 Å². The van der Waals surface area contributed by atoms with Crippen molar-refractivity contribution in [2.75, 3.05) is 47.0 Å². The Bertz CT molecular complexity index is 1450. The number of aliphatic hydroxyl groups is 1. The smallest absolute Gasteiger partial charge is 0.253 e. The summed E-state index contributed by atoms with van der Waals surface area (Å²) in [6, 6.07) is 12.6. The average molecular weight is 663 g/mol. The molecule has 4 fully saturated rings. The Kier molecular flexibility index (Phi) is 10.6. The monoisotopic (exact) mass is 662 g/mol. The van der Waals surface area contributed by atoms with Crippen molar-refractivity contribution in [3.8, 4) is 17.2 Å². The largest absolute Gasteiger partial charge is 0.493 e. The van der Waals surface area contributed by atoms with E-state index in [9.17, 15) is 19.5 Å². The number of piperidine rings is 1. The van der Waals surface area contributed by atoms with Crippen LogP contribution in [0.5, 0.6) is 17.2 Å². The number of hydrogen-bond donors (Lipinski definition) is 2. The highest BCUT2D eigenvalue weighted by Gasteiger charge is 2.55. The predicted octanol–water partition coefficient (Wildman–Crippen LogP) is 3.97. The predicted molar refractivity (Wildman–Crippen MR) is 180 cm³/mol. The summed E-state index contributed by atoms with van der Waals surface area (Å²) in [6.07, 6.45) is 5.37. The summed E-state index contributed by atoms with van der Waals surface area (Å²) in [5.41, 5.74) is 0.794. The Balaban J connectivity index is 1.06. The molecule has 11 nitrogen and oxygen atoms in total. The van der Waals surface area contributed by atoms with Gasteiger partial charge < -0.3 is 34.4 Å². The molecule has 0 unspecified atom stereocenters. The van der Waals surface area contributed by atoms with Gasteiger partial charge in [-0.1, -0.05) is 25.5 Å². The molecule has 48 heavy (non-hydrogen) atoms. The fourth-order valence-electron chi connectivity index (χ4n) is 7.38. The minimum Gasteiger partial charge on any atom is -0.493 e. The van der Waals surface area contributed by atoms with Crippen LogP contribution in [0.3, 0.4) is 0 Å². The lowest BCUT2D eigenvalue weighted by molar-refractivity contribution is -0.166. The summed E-state index contributed by atoms with van der Waals surface area (Å²) >= 11 is 0. The van der Waals surface area contributed by atoms with Crippen LogP contribution in [0.1, 0.15) is 74.2 Å². The summed E-state index contributed by atoms with van der Waals surface area (Å²) < 4.78 is 17.1. The Hall–Kier alpha value is -3.67. The molecule has 4 aliphatic rings. The standard InChI is InChI=1S/C37H50N4O7/c1-4-5-18-41-35(44)32(33(42)26-14-21-47-22-15-26)38-36(45)37(41)16-19-40(20-17-37)24-25-6-11-29(12-7-25)48-30-13-8-27(23-31(30)46-3)34(43)39(2)28-9-10-28/h6-8,11-13,23,26,28,32-33,42H,4-5,9-10,14-22,24H2,1-3H3,(H,38,45)/t32-,33-/m1/s1. The molecule has 3 saturated heterocycles. The molecule has 3 aliphatic heterocycles. The molecule has 2 atom stereocenters. The van der Waals surface area contributed by atoms with Gasteiger partial charge in [-0.15, -0.1) is 0 Å². The molecule has 6 rings (SSSR count). The molecule has 0 bridgehead atoms. The fraction of sp³-hybridized carbons (Fsp3) is 0.595. The van der Waals surface area contributed by atoms with E-state index in [2.05, 4.69) is 17.1 Å². The number of likely N-dealkylation sites (tertiary alicyclic amines) is 1. The zero-order valence-corrected chi connectivity index (χ0v) is 28.5. The van der Waals surface area contributed by atoms with Gasteiger partial charge in [0.25, 0.3) is 5.91 Å². The quantitative estimate of drug-likeness (QED) is 0.351. The lowest BCUT2D eigenvalue weighted by atomic mass is 9.79. The molecule has 1 aliphatic carbocycles. The lowest BCUT2D eigenvalue weighted by Crippen LogP contribution is -2.75. The first kappa shape index (κ1) is 34.2. The summed E-state index contributed by atoms with van der Waals surface area (Å²) in [6.45, 7) is 5.78. The van der Waals surface area contributed by atoms with Gasteiger partial charge in [-0.2, -0.15) is 0 Å². The zero-order chi connectivity index (χ0) is 33.8. The molecule has 11 heteroatoms. The van der Waals surface area contributed by atoms with E-state index in [0.717, 1.165) is 31.2 Å². The van der Waals surface area contributed by atoms with Gasteiger partial charge in [0.1, 0.15) is 17.3 Å². The van der Waals surface area contributed by atoms with Gasteiger partial charge in [0, 0.05) is 58.0 Å². The maximum Gasteiger partial charge on any atom is 0.253 e. The van der Waals surface area contributed by atoms with Crippen molar-refractivity contribution < 1.29 is 33.7 Å². The Morgan fingerprint density at radius 3 is 2.42 bits per heavy atom. The molecule has 2 aromatic rings. The van der Waals surface area contributed by atoms with Crippen LogP contribution < -0.4 is 14.8 Å². The molecule has 2 aromatic carbocycles. The molecule has 1 spiro atoms. The summed E-state index contributed by atoms with van der Waals surface area (Å²) in [4.78, 5) is 46.4. The van der Waals surface area contributed by atoms with Crippen molar-refractivity contribution in [1.29, 1.82) is 0 Å². The third-order valence-corrected chi connectivity index (χ3v) is 10.6. The van der Waals surface area contributed by atoms with Crippen LogP contribution in [0, 0.1) is 5.92 Å². The van der Waals surface area contributed by atoms with Crippen LogP contribution in [-0.4, -0.2) is 108 Å². The van der Waals surface area contributed by atoms with Gasteiger partial charge in [0.05, 0.1) is 13.2 Å². The normalized spacial score (nSPS) is 22.3. The van der Waals surface area contributed by atoms with Gasteiger partial charge >= 0.3 is 0 Å². The highest BCUT2D eigenvalue weighted by atomic mass is 16.5. The minimum absolute atomic E-state index is 0.0201. The molecule has 3 heterocycles. The number of unbranched alkanes of at least 4 members (excludes halogenated alkanes) is 1. The maximum atomic E-state index is 13.9. The van der Waals surface area contributed by atoms with Crippen LogP contribution in [0.2, 0.25) is 0 Å². The Morgan fingerprint density at radius 2 is 1.77 bits per heavy atom. The highest BCUT2D eigenvalue weighted by Crippen LogP contribution is 2.37. The van der Waals surface area contributed by atoms with Crippen molar-refractivity contribution in [2.24, 2.45) is 5.92 Å². The first-order valence-electron chi connectivity index (χ1n) is 17.6. The van der Waals surface area contributed by atoms with Crippen LogP contribution in [-0.2, 0) is 20.9 Å². The van der Waals surface area contributed by atoms with Crippen LogP contribution >= 0.6 is 0 Å². The molecule has 3 amide bonds. The van der Waals surface area contributed by atoms with Crippen LogP contribution in [0.25, 0.3) is 0 Å². The highest BCUT2D eigenvalue weighted by molar-refractivity contribution is 6.00. The number of benzene rings is 2. The first-order chi connectivity index (χ1) is 23.2. The van der Waals surface area contributed by atoms with E-state index < -0.39 is 17.7 Å². The molecule has 0 aromatic heterocycles. The second-order valence-corrected chi connectivity index (χ2v) is 13.8. The number of aliphatic hydroxyl groups excluding tert-OH is 1. The molecular weight excluding hydrogens is 612 g/mol. The van der Waals surface area contributed by atoms with Gasteiger partial charge in [-0.25, -0.2) is 0 Å². The van der Waals surface area contributed by atoms with Gasteiger partial charge in [0.2, 0.25) is 11.8 Å². The Labute approximate surface area is 283 Å². The summed E-state index contributed by atoms with van der Waals surface area (Å²) in [5.74, 6) is 1.31. The number of rotatable bonds is 12. The number of amides is 3. The third-order valence-electron chi connectivity index (χ3n) is 10.6. The van der Waals surface area contributed by atoms with E-state index in [4.69, 9.17) is 14.2 Å². The van der Waals surface area contributed by atoms with Crippen molar-refractivity contribution in [1.82, 2.24) is 20.0 Å². The molecule has 1 saturated carbocycles. The second-order valence-electron chi connectivity index (χ2n) is 13.8. The van der Waals surface area contributed by atoms with E-state index in [-0.39, 0.29) is 23.6 Å². The van der Waals surface area contributed by atoms with Crippen molar-refractivity contribution >= 4 is 17.7 Å². The van der Waals surface area contributed by atoms with Crippen molar-refractivity contribution in [2.45, 2.75) is 88.6 Å². The number of hydrogen-bond acceptors (Lipinski definition) is 8. The summed E-state index contributed by atoms with van der Waals surface area (Å²) in [7, 11) is 3.41. The zero-order valence-electron chi connectivity index (χ0n) is 28.5. The number of nitrogens with zero attached hydrogens (tertiary/aromatic N) is 3. The number of carbonyl (C=O) groups is 3. The molecule has 260 valence electrons. The molecule has 0 radical (unpaired) electrons. The van der Waals surface area contributed by atoms with E-state index in [1.165, 1.54) is 0 Å². The van der Waals surface area contributed by atoms with Crippen molar-refractivity contribution in [3.05, 3.63) is 53.6 Å². The minimum atomic E-state index is -0.914. The SMILES string of the molecule is CCCCN1C(=O)[C@@H]([C@H](O)C2CCOCC2)NC(=O)C12CCN(Cc1ccc(Oc3ccc(C(=O)N(C)C4CC4)cc3OC)cc1)CC2. The Morgan fingerprint density at radius 1 is 1.06 bits per heavy atom. The van der Waals surface area contributed by atoms with Gasteiger partial charge in [-0.05, 0) is 86.8 Å².